The summed E-state index contributed by atoms with van der Waals surface area (Å²) in [6.07, 6.45) is 0.830. The highest BCUT2D eigenvalue weighted by atomic mass is 19.1. The molecule has 21 heavy (non-hydrogen) atoms. The fourth-order valence-electron chi connectivity index (χ4n) is 2.43. The Morgan fingerprint density at radius 2 is 2.29 bits per heavy atom. The van der Waals surface area contributed by atoms with Gasteiger partial charge in [0.2, 0.25) is 0 Å². The van der Waals surface area contributed by atoms with E-state index in [0.717, 1.165) is 12.5 Å². The standard InChI is InChI=1S/C14H17FN2O4/c1-21-8-9-5-6-17(7-9)14(20)16-11-4-2-3-10(15)12(11)13(18)19/h2-4,9H,5-8H2,1H3,(H,16,20)(H,18,19). The Labute approximate surface area is 121 Å². The third-order valence-electron chi connectivity index (χ3n) is 3.44. The molecule has 1 unspecified atom stereocenters. The summed E-state index contributed by atoms with van der Waals surface area (Å²) in [5, 5.41) is 11.5. The van der Waals surface area contributed by atoms with Crippen LogP contribution in [0.2, 0.25) is 0 Å². The Morgan fingerprint density at radius 1 is 1.52 bits per heavy atom. The van der Waals surface area contributed by atoms with E-state index in [1.807, 2.05) is 0 Å². The Kier molecular flexibility index (Phi) is 4.74. The van der Waals surface area contributed by atoms with Gasteiger partial charge in [0.1, 0.15) is 11.4 Å². The highest BCUT2D eigenvalue weighted by molar-refractivity contribution is 6.00. The smallest absolute Gasteiger partial charge is 0.340 e. The molecule has 1 aliphatic rings. The summed E-state index contributed by atoms with van der Waals surface area (Å²) < 4.78 is 18.6. The zero-order chi connectivity index (χ0) is 15.4. The van der Waals surface area contributed by atoms with Crippen molar-refractivity contribution < 1.29 is 23.8 Å². The van der Waals surface area contributed by atoms with Crippen molar-refractivity contribution in [1.82, 2.24) is 4.90 Å². The molecule has 114 valence electrons. The first-order valence-electron chi connectivity index (χ1n) is 6.59. The van der Waals surface area contributed by atoms with Gasteiger partial charge in [0.25, 0.3) is 0 Å². The van der Waals surface area contributed by atoms with Crippen molar-refractivity contribution in [2.45, 2.75) is 6.42 Å². The minimum absolute atomic E-state index is 0.0392. The highest BCUT2D eigenvalue weighted by Crippen LogP contribution is 2.21. The van der Waals surface area contributed by atoms with Gasteiger partial charge in [-0.3, -0.25) is 0 Å². The lowest BCUT2D eigenvalue weighted by atomic mass is 10.1. The maximum absolute atomic E-state index is 13.5. The van der Waals surface area contributed by atoms with Gasteiger partial charge in [0, 0.05) is 26.1 Å². The maximum atomic E-state index is 13.5. The molecule has 1 heterocycles. The summed E-state index contributed by atoms with van der Waals surface area (Å²) in [6, 6.07) is 3.34. The fourth-order valence-corrected chi connectivity index (χ4v) is 2.43. The van der Waals surface area contributed by atoms with Crippen LogP contribution in [0.5, 0.6) is 0 Å². The summed E-state index contributed by atoms with van der Waals surface area (Å²) in [7, 11) is 1.61. The molecule has 7 heteroatoms. The number of carbonyl (C=O) groups is 2. The van der Waals surface area contributed by atoms with Gasteiger partial charge in [0.05, 0.1) is 12.3 Å². The first-order valence-corrected chi connectivity index (χ1v) is 6.59. The largest absolute Gasteiger partial charge is 0.478 e. The Bertz CT molecular complexity index is 550. The van der Waals surface area contributed by atoms with Crippen LogP contribution in [-0.2, 0) is 4.74 Å². The molecule has 1 aliphatic heterocycles. The van der Waals surface area contributed by atoms with Crippen LogP contribution in [0.15, 0.2) is 18.2 Å². The highest BCUT2D eigenvalue weighted by Gasteiger charge is 2.27. The number of hydrogen-bond acceptors (Lipinski definition) is 3. The number of rotatable bonds is 4. The molecule has 0 bridgehead atoms. The topological polar surface area (TPSA) is 78.9 Å². The average molecular weight is 296 g/mol. The number of carboxylic acids is 1. The van der Waals surface area contributed by atoms with Gasteiger partial charge in [-0.1, -0.05) is 6.07 Å². The Balaban J connectivity index is 2.07. The number of carbonyl (C=O) groups excluding carboxylic acids is 1. The number of ether oxygens (including phenoxy) is 1. The SMILES string of the molecule is COCC1CCN(C(=O)Nc2cccc(F)c2C(=O)O)C1. The number of amides is 2. The van der Waals surface area contributed by atoms with E-state index in [0.29, 0.717) is 19.7 Å². The van der Waals surface area contributed by atoms with Crippen LogP contribution in [0.3, 0.4) is 0 Å². The lowest BCUT2D eigenvalue weighted by Crippen LogP contribution is -2.33. The molecule has 0 aromatic heterocycles. The second-order valence-electron chi connectivity index (χ2n) is 4.95. The van der Waals surface area contributed by atoms with E-state index in [1.54, 1.807) is 12.0 Å². The van der Waals surface area contributed by atoms with E-state index in [9.17, 15) is 14.0 Å². The van der Waals surface area contributed by atoms with Crippen LogP contribution in [0.1, 0.15) is 16.8 Å². The van der Waals surface area contributed by atoms with Crippen LogP contribution in [0.4, 0.5) is 14.9 Å². The fraction of sp³-hybridized carbons (Fsp3) is 0.429. The van der Waals surface area contributed by atoms with Crippen molar-refractivity contribution in [2.75, 3.05) is 32.1 Å². The lowest BCUT2D eigenvalue weighted by molar-refractivity contribution is 0.0693. The van der Waals surface area contributed by atoms with Gasteiger partial charge in [0.15, 0.2) is 0 Å². The molecular weight excluding hydrogens is 279 g/mol. The second-order valence-corrected chi connectivity index (χ2v) is 4.95. The number of methoxy groups -OCH3 is 1. The first kappa shape index (κ1) is 15.2. The van der Waals surface area contributed by atoms with Crippen LogP contribution >= 0.6 is 0 Å². The van der Waals surface area contributed by atoms with Crippen LogP contribution in [0.25, 0.3) is 0 Å². The molecular formula is C14H17FN2O4. The minimum atomic E-state index is -1.41. The maximum Gasteiger partial charge on any atom is 0.340 e. The third kappa shape index (κ3) is 3.49. The van der Waals surface area contributed by atoms with Gasteiger partial charge in [-0.05, 0) is 18.6 Å². The summed E-state index contributed by atoms with van der Waals surface area (Å²) in [6.45, 7) is 1.68. The number of halogens is 1. The molecule has 0 radical (unpaired) electrons. The molecule has 0 saturated carbocycles. The zero-order valence-corrected chi connectivity index (χ0v) is 11.6. The van der Waals surface area contributed by atoms with Crippen molar-refractivity contribution in [3.05, 3.63) is 29.6 Å². The number of carboxylic acid groups (broad SMARTS) is 1. The summed E-state index contributed by atoms with van der Waals surface area (Å²) >= 11 is 0. The number of likely N-dealkylation sites (tertiary alicyclic amines) is 1. The number of hydrogen-bond donors (Lipinski definition) is 2. The molecule has 1 aromatic carbocycles. The van der Waals surface area contributed by atoms with Crippen molar-refractivity contribution in [1.29, 1.82) is 0 Å². The lowest BCUT2D eigenvalue weighted by Gasteiger charge is -2.18. The number of urea groups is 1. The normalized spacial score (nSPS) is 17.8. The van der Waals surface area contributed by atoms with Crippen LogP contribution < -0.4 is 5.32 Å². The molecule has 2 N–H and O–H groups in total. The van der Waals surface area contributed by atoms with Gasteiger partial charge in [-0.2, -0.15) is 0 Å². The van der Waals surface area contributed by atoms with Crippen molar-refractivity contribution in [2.24, 2.45) is 5.92 Å². The van der Waals surface area contributed by atoms with Crippen molar-refractivity contribution in [3.63, 3.8) is 0 Å². The predicted molar refractivity (Wildman–Crippen MR) is 73.9 cm³/mol. The zero-order valence-electron chi connectivity index (χ0n) is 11.6. The molecule has 2 amide bonds. The second kappa shape index (κ2) is 6.53. The van der Waals surface area contributed by atoms with Crippen LogP contribution in [-0.4, -0.2) is 48.8 Å². The molecule has 0 aliphatic carbocycles. The number of benzene rings is 1. The van der Waals surface area contributed by atoms with Crippen LogP contribution in [0, 0.1) is 11.7 Å². The molecule has 0 spiro atoms. The van der Waals surface area contributed by atoms with E-state index >= 15 is 0 Å². The molecule has 6 nitrogen and oxygen atoms in total. The number of anilines is 1. The van der Waals surface area contributed by atoms with E-state index in [4.69, 9.17) is 9.84 Å². The van der Waals surface area contributed by atoms with Crippen molar-refractivity contribution >= 4 is 17.7 Å². The van der Waals surface area contributed by atoms with E-state index < -0.39 is 23.4 Å². The van der Waals surface area contributed by atoms with Gasteiger partial charge < -0.3 is 20.1 Å². The monoisotopic (exact) mass is 296 g/mol. The van der Waals surface area contributed by atoms with Crippen molar-refractivity contribution in [3.8, 4) is 0 Å². The number of nitrogens with one attached hydrogen (secondary N) is 1. The van der Waals surface area contributed by atoms with Gasteiger partial charge in [-0.15, -0.1) is 0 Å². The average Bonchev–Trinajstić information content (AvgIpc) is 2.87. The first-order chi connectivity index (χ1) is 10.0. The van der Waals surface area contributed by atoms with Gasteiger partial charge >= 0.3 is 12.0 Å². The molecule has 2 rings (SSSR count). The number of aromatic carboxylic acids is 1. The Morgan fingerprint density at radius 3 is 2.95 bits per heavy atom. The Hall–Kier alpha value is -2.15. The summed E-state index contributed by atoms with van der Waals surface area (Å²) in [5.74, 6) is -2.02. The molecule has 1 fully saturated rings. The van der Waals surface area contributed by atoms with E-state index in [2.05, 4.69) is 5.32 Å². The summed E-state index contributed by atoms with van der Waals surface area (Å²) in [5.41, 5.74) is -0.568. The quantitative estimate of drug-likeness (QED) is 0.891. The predicted octanol–water partition coefficient (Wildman–Crippen LogP) is 2.02. The third-order valence-corrected chi connectivity index (χ3v) is 3.44. The number of nitrogens with zero attached hydrogens (tertiary/aromatic N) is 1. The molecule has 1 atom stereocenters. The van der Waals surface area contributed by atoms with Gasteiger partial charge in [-0.25, -0.2) is 14.0 Å². The minimum Gasteiger partial charge on any atom is -0.478 e. The van der Waals surface area contributed by atoms with E-state index in [1.165, 1.54) is 12.1 Å². The molecule has 1 aromatic rings. The summed E-state index contributed by atoms with van der Waals surface area (Å²) in [4.78, 5) is 24.7. The van der Waals surface area contributed by atoms with E-state index in [-0.39, 0.29) is 11.6 Å². The molecule has 1 saturated heterocycles.